The third kappa shape index (κ3) is 1.73. The molecule has 0 radical (unpaired) electrons. The molecular formula is C10H11NO4. The summed E-state index contributed by atoms with van der Waals surface area (Å²) < 4.78 is 10.4. The van der Waals surface area contributed by atoms with Crippen molar-refractivity contribution in [2.45, 2.75) is 6.61 Å². The van der Waals surface area contributed by atoms with E-state index in [2.05, 4.69) is 0 Å². The summed E-state index contributed by atoms with van der Waals surface area (Å²) in [5.41, 5.74) is 1.41. The predicted molar refractivity (Wildman–Crippen MR) is 53.2 cm³/mol. The molecule has 15 heavy (non-hydrogen) atoms. The van der Waals surface area contributed by atoms with Gasteiger partial charge >= 0.3 is 6.09 Å². The van der Waals surface area contributed by atoms with Gasteiger partial charge in [-0.3, -0.25) is 4.90 Å². The Morgan fingerprint density at radius 2 is 2.33 bits per heavy atom. The lowest BCUT2D eigenvalue weighted by atomic mass is 10.1. The lowest BCUT2D eigenvalue weighted by molar-refractivity contribution is -0.0159. The van der Waals surface area contributed by atoms with Crippen LogP contribution in [-0.2, 0) is 11.3 Å². The Kier molecular flexibility index (Phi) is 2.47. The number of nitrogens with zero attached hydrogens (tertiary/aromatic N) is 1. The zero-order valence-corrected chi connectivity index (χ0v) is 8.27. The van der Waals surface area contributed by atoms with Gasteiger partial charge in [-0.2, -0.15) is 0 Å². The molecule has 0 saturated heterocycles. The molecule has 1 N–H and O–H groups in total. The highest BCUT2D eigenvalue weighted by Gasteiger charge is 2.19. The van der Waals surface area contributed by atoms with Crippen LogP contribution in [0.25, 0.3) is 0 Å². The summed E-state index contributed by atoms with van der Waals surface area (Å²) in [7, 11) is 1.48. The molecule has 0 aromatic heterocycles. The molecular weight excluding hydrogens is 198 g/mol. The van der Waals surface area contributed by atoms with Crippen molar-refractivity contribution in [2.75, 3.05) is 18.7 Å². The first-order chi connectivity index (χ1) is 7.20. The largest absolute Gasteiger partial charge is 0.465 e. The maximum atomic E-state index is 10.8. The first-order valence-corrected chi connectivity index (χ1v) is 4.49. The summed E-state index contributed by atoms with van der Waals surface area (Å²) in [5.74, 6) is 0.591. The highest BCUT2D eigenvalue weighted by Crippen LogP contribution is 2.34. The van der Waals surface area contributed by atoms with Crippen LogP contribution in [0.5, 0.6) is 5.75 Å². The smallest absolute Gasteiger partial charge is 0.411 e. The minimum atomic E-state index is -1.02. The van der Waals surface area contributed by atoms with Gasteiger partial charge in [0.15, 0.2) is 12.5 Å². The zero-order chi connectivity index (χ0) is 10.8. The Morgan fingerprint density at radius 1 is 1.53 bits per heavy atom. The average molecular weight is 209 g/mol. The lowest BCUT2D eigenvalue weighted by Gasteiger charge is -2.23. The summed E-state index contributed by atoms with van der Waals surface area (Å²) in [6.45, 7) is 0.619. The highest BCUT2D eigenvalue weighted by atomic mass is 16.7. The number of benzene rings is 1. The van der Waals surface area contributed by atoms with Gasteiger partial charge in [0, 0.05) is 12.6 Å². The van der Waals surface area contributed by atoms with Gasteiger partial charge in [-0.05, 0) is 6.07 Å². The topological polar surface area (TPSA) is 59.0 Å². The van der Waals surface area contributed by atoms with Crippen LogP contribution >= 0.6 is 0 Å². The number of anilines is 1. The van der Waals surface area contributed by atoms with Crippen molar-refractivity contribution in [3.63, 3.8) is 0 Å². The predicted octanol–water partition coefficient (Wildman–Crippen LogP) is 1.67. The van der Waals surface area contributed by atoms with Crippen molar-refractivity contribution in [1.82, 2.24) is 0 Å². The fourth-order valence-corrected chi connectivity index (χ4v) is 1.47. The van der Waals surface area contributed by atoms with Crippen molar-refractivity contribution >= 4 is 11.8 Å². The minimum absolute atomic E-state index is 0.164. The Balaban J connectivity index is 2.43. The van der Waals surface area contributed by atoms with E-state index in [-0.39, 0.29) is 6.79 Å². The van der Waals surface area contributed by atoms with E-state index in [1.54, 1.807) is 12.1 Å². The van der Waals surface area contributed by atoms with Crippen molar-refractivity contribution in [3.8, 4) is 5.75 Å². The quantitative estimate of drug-likeness (QED) is 0.764. The standard InChI is InChI=1S/C10H11NO4/c1-11(10(12)13)8-4-2-3-7-5-14-6-15-9(7)8/h2-4H,5-6H2,1H3,(H,12,13). The van der Waals surface area contributed by atoms with E-state index in [4.69, 9.17) is 14.6 Å². The number of hydrogen-bond donors (Lipinski definition) is 1. The van der Waals surface area contributed by atoms with E-state index in [1.165, 1.54) is 7.05 Å². The molecule has 2 rings (SSSR count). The van der Waals surface area contributed by atoms with E-state index in [1.807, 2.05) is 6.07 Å². The SMILES string of the molecule is CN(C(=O)O)c1cccc2c1OCOC2. The number of ether oxygens (including phenoxy) is 2. The Bertz CT molecular complexity index is 391. The molecule has 80 valence electrons. The van der Waals surface area contributed by atoms with Crippen molar-refractivity contribution in [2.24, 2.45) is 0 Å². The summed E-state index contributed by atoms with van der Waals surface area (Å²) in [6, 6.07) is 5.34. The molecule has 0 saturated carbocycles. The fraction of sp³-hybridized carbons (Fsp3) is 0.300. The minimum Gasteiger partial charge on any atom is -0.465 e. The summed E-state index contributed by atoms with van der Waals surface area (Å²) in [4.78, 5) is 12.0. The molecule has 1 aliphatic heterocycles. The molecule has 1 heterocycles. The normalized spacial score (nSPS) is 13.9. The lowest BCUT2D eigenvalue weighted by Crippen LogP contribution is -2.25. The molecule has 1 aromatic carbocycles. The van der Waals surface area contributed by atoms with Crippen molar-refractivity contribution in [1.29, 1.82) is 0 Å². The van der Waals surface area contributed by atoms with Gasteiger partial charge < -0.3 is 14.6 Å². The van der Waals surface area contributed by atoms with E-state index in [0.717, 1.165) is 10.5 Å². The Labute approximate surface area is 86.8 Å². The molecule has 1 aromatic rings. The number of rotatable bonds is 1. The maximum absolute atomic E-state index is 10.8. The Hall–Kier alpha value is -1.75. The van der Waals surface area contributed by atoms with E-state index in [9.17, 15) is 4.79 Å². The van der Waals surface area contributed by atoms with Gasteiger partial charge in [0.2, 0.25) is 0 Å². The molecule has 1 amide bonds. The second-order valence-corrected chi connectivity index (χ2v) is 3.22. The first-order valence-electron chi connectivity index (χ1n) is 4.49. The summed E-state index contributed by atoms with van der Waals surface area (Å²) in [6.07, 6.45) is -1.02. The zero-order valence-electron chi connectivity index (χ0n) is 8.27. The van der Waals surface area contributed by atoms with Gasteiger partial charge in [-0.15, -0.1) is 0 Å². The van der Waals surface area contributed by atoms with Crippen LogP contribution in [0.15, 0.2) is 18.2 Å². The van der Waals surface area contributed by atoms with Gasteiger partial charge in [-0.1, -0.05) is 12.1 Å². The maximum Gasteiger partial charge on any atom is 0.411 e. The van der Waals surface area contributed by atoms with Crippen LogP contribution in [0.4, 0.5) is 10.5 Å². The van der Waals surface area contributed by atoms with Crippen molar-refractivity contribution in [3.05, 3.63) is 23.8 Å². The average Bonchev–Trinajstić information content (AvgIpc) is 2.27. The molecule has 1 aliphatic rings. The number of carbonyl (C=O) groups is 1. The van der Waals surface area contributed by atoms with Gasteiger partial charge in [0.25, 0.3) is 0 Å². The molecule has 0 atom stereocenters. The van der Waals surface area contributed by atoms with Crippen LogP contribution < -0.4 is 9.64 Å². The fourth-order valence-electron chi connectivity index (χ4n) is 1.47. The van der Waals surface area contributed by atoms with E-state index < -0.39 is 6.09 Å². The number of fused-ring (bicyclic) bond motifs is 1. The Morgan fingerprint density at radius 3 is 3.07 bits per heavy atom. The number of carboxylic acid groups (broad SMARTS) is 1. The van der Waals surface area contributed by atoms with Gasteiger partial charge in [0.05, 0.1) is 12.3 Å². The molecule has 5 nitrogen and oxygen atoms in total. The van der Waals surface area contributed by atoms with E-state index in [0.29, 0.717) is 18.0 Å². The molecule has 0 bridgehead atoms. The highest BCUT2D eigenvalue weighted by molar-refractivity contribution is 5.88. The summed E-state index contributed by atoms with van der Waals surface area (Å²) >= 11 is 0. The number of hydrogen-bond acceptors (Lipinski definition) is 3. The monoisotopic (exact) mass is 209 g/mol. The van der Waals surface area contributed by atoms with Crippen LogP contribution in [0.2, 0.25) is 0 Å². The summed E-state index contributed by atoms with van der Waals surface area (Å²) in [5, 5.41) is 8.88. The van der Waals surface area contributed by atoms with Crippen LogP contribution in [0, 0.1) is 0 Å². The van der Waals surface area contributed by atoms with Crippen LogP contribution in [-0.4, -0.2) is 25.0 Å². The first kappa shape index (κ1) is 9.79. The molecule has 5 heteroatoms. The third-order valence-corrected chi connectivity index (χ3v) is 2.27. The number of para-hydroxylation sites is 1. The second kappa shape index (κ2) is 3.78. The van der Waals surface area contributed by atoms with Crippen molar-refractivity contribution < 1.29 is 19.4 Å². The molecule has 0 spiro atoms. The molecule has 0 unspecified atom stereocenters. The second-order valence-electron chi connectivity index (χ2n) is 3.22. The molecule has 0 aliphatic carbocycles. The number of amides is 1. The third-order valence-electron chi connectivity index (χ3n) is 2.27. The van der Waals surface area contributed by atoms with Gasteiger partial charge in [0.1, 0.15) is 0 Å². The van der Waals surface area contributed by atoms with Crippen LogP contribution in [0.3, 0.4) is 0 Å². The van der Waals surface area contributed by atoms with Crippen LogP contribution in [0.1, 0.15) is 5.56 Å². The van der Waals surface area contributed by atoms with Gasteiger partial charge in [-0.25, -0.2) is 4.79 Å². The molecule has 0 fully saturated rings. The van der Waals surface area contributed by atoms with E-state index >= 15 is 0 Å².